The fourth-order valence-electron chi connectivity index (χ4n) is 10.5. The smallest absolute Gasteiger partial charge is 0.164 e. The number of fused-ring (bicyclic) bond motifs is 5. The summed E-state index contributed by atoms with van der Waals surface area (Å²) in [5, 5.41) is 17.7. The standard InChI is InChI=1S/C61H35N3S/c1-2-12-40(13-3-1)59-62-60(41-31-26-36(27-32-41)45-20-11-24-50-46-18-6-7-25-53(46)65-58(45)50)64-61(63-59)51-19-5-4-17-44(51)43-34-42-33-30-39-15-9-22-48-47-21-8-14-37-28-29-38-16-10-23-49(56(38)54(37)47)52(35-43)57(42)55(39)48/h1-35H. The normalized spacial score (nSPS) is 12.0. The van der Waals surface area contributed by atoms with Crippen molar-refractivity contribution in [3.8, 4) is 56.4 Å². The molecule has 0 aliphatic rings. The molecule has 3 nitrogen and oxygen atoms in total. The molecule has 0 atom stereocenters. The van der Waals surface area contributed by atoms with Crippen LogP contribution in [0.3, 0.4) is 0 Å². The Morgan fingerprint density at radius 2 is 0.738 bits per heavy atom. The first-order valence-corrected chi connectivity index (χ1v) is 22.9. The fourth-order valence-corrected chi connectivity index (χ4v) is 11.7. The van der Waals surface area contributed by atoms with Crippen molar-refractivity contribution in [2.75, 3.05) is 0 Å². The number of hydrogen-bond acceptors (Lipinski definition) is 4. The Labute approximate surface area is 377 Å². The van der Waals surface area contributed by atoms with E-state index in [1.165, 1.54) is 90.4 Å². The molecule has 300 valence electrons. The van der Waals surface area contributed by atoms with E-state index in [1.54, 1.807) is 0 Å². The molecule has 0 aliphatic heterocycles. The summed E-state index contributed by atoms with van der Waals surface area (Å²) < 4.78 is 2.60. The van der Waals surface area contributed by atoms with Crippen molar-refractivity contribution < 1.29 is 0 Å². The summed E-state index contributed by atoms with van der Waals surface area (Å²) in [7, 11) is 0. The SMILES string of the molecule is c1ccc(-c2nc(-c3ccc(-c4cccc5c4sc4ccccc45)cc3)nc(-c3ccccc3-c3cc4ccc5cccc6c7cccc8ccc9cccc(c(c3)c4c56)c9c87)n2)cc1. The zero-order valence-corrected chi connectivity index (χ0v) is 35.8. The number of aromatic nitrogens is 3. The lowest BCUT2D eigenvalue weighted by Gasteiger charge is -2.18. The molecule has 14 aromatic rings. The number of nitrogens with zero attached hydrogens (tertiary/aromatic N) is 3. The van der Waals surface area contributed by atoms with Gasteiger partial charge in [0.1, 0.15) is 0 Å². The second-order valence-electron chi connectivity index (χ2n) is 17.0. The molecule has 2 aromatic heterocycles. The minimum absolute atomic E-state index is 0.632. The maximum Gasteiger partial charge on any atom is 0.164 e. The Morgan fingerprint density at radius 1 is 0.262 bits per heavy atom. The van der Waals surface area contributed by atoms with E-state index in [-0.39, 0.29) is 0 Å². The van der Waals surface area contributed by atoms with Crippen LogP contribution in [-0.2, 0) is 0 Å². The fraction of sp³-hybridized carbons (Fsp3) is 0. The zero-order chi connectivity index (χ0) is 42.6. The van der Waals surface area contributed by atoms with Gasteiger partial charge in [-0.15, -0.1) is 11.3 Å². The summed E-state index contributed by atoms with van der Waals surface area (Å²) in [6, 6.07) is 77.0. The lowest BCUT2D eigenvalue weighted by Crippen LogP contribution is -2.01. The van der Waals surface area contributed by atoms with Gasteiger partial charge in [0.2, 0.25) is 0 Å². The van der Waals surface area contributed by atoms with Crippen molar-refractivity contribution in [2.45, 2.75) is 0 Å². The third-order valence-corrected chi connectivity index (χ3v) is 14.6. The third kappa shape index (κ3) is 5.58. The molecule has 0 spiro atoms. The van der Waals surface area contributed by atoms with Crippen LogP contribution in [0.1, 0.15) is 0 Å². The van der Waals surface area contributed by atoms with Crippen LogP contribution in [0.2, 0.25) is 0 Å². The number of thiophene rings is 1. The van der Waals surface area contributed by atoms with Gasteiger partial charge in [-0.3, -0.25) is 0 Å². The molecule has 14 rings (SSSR count). The van der Waals surface area contributed by atoms with Crippen LogP contribution in [0.4, 0.5) is 0 Å². The van der Waals surface area contributed by atoms with Gasteiger partial charge in [0.05, 0.1) is 0 Å². The highest BCUT2D eigenvalue weighted by Gasteiger charge is 2.20. The molecule has 2 heterocycles. The Bertz CT molecular complexity index is 4220. The average Bonchev–Trinajstić information content (AvgIpc) is 3.76. The van der Waals surface area contributed by atoms with Gasteiger partial charge in [-0.2, -0.15) is 0 Å². The van der Waals surface area contributed by atoms with Crippen LogP contribution in [0.15, 0.2) is 212 Å². The maximum atomic E-state index is 5.31. The molecule has 0 N–H and O–H groups in total. The van der Waals surface area contributed by atoms with Gasteiger partial charge in [0.15, 0.2) is 17.5 Å². The highest BCUT2D eigenvalue weighted by Crippen LogP contribution is 2.46. The van der Waals surface area contributed by atoms with Crippen LogP contribution in [0, 0.1) is 0 Å². The highest BCUT2D eigenvalue weighted by molar-refractivity contribution is 7.26. The van der Waals surface area contributed by atoms with Gasteiger partial charge >= 0.3 is 0 Å². The minimum atomic E-state index is 0.632. The van der Waals surface area contributed by atoms with E-state index in [0.717, 1.165) is 33.4 Å². The quantitative estimate of drug-likeness (QED) is 0.162. The summed E-state index contributed by atoms with van der Waals surface area (Å²) in [6.07, 6.45) is 0. The second kappa shape index (κ2) is 14.1. The van der Waals surface area contributed by atoms with Gasteiger partial charge in [0.25, 0.3) is 0 Å². The number of hydrogen-bond donors (Lipinski definition) is 0. The van der Waals surface area contributed by atoms with Crippen molar-refractivity contribution in [2.24, 2.45) is 0 Å². The molecular formula is C61H35N3S. The van der Waals surface area contributed by atoms with Crippen molar-refractivity contribution in [1.29, 1.82) is 0 Å². The molecule has 0 amide bonds. The number of rotatable bonds is 5. The van der Waals surface area contributed by atoms with Gasteiger partial charge in [-0.05, 0) is 105 Å². The maximum absolute atomic E-state index is 5.31. The highest BCUT2D eigenvalue weighted by atomic mass is 32.1. The molecule has 0 unspecified atom stereocenters. The Morgan fingerprint density at radius 3 is 1.43 bits per heavy atom. The molecule has 0 saturated carbocycles. The second-order valence-corrected chi connectivity index (χ2v) is 18.1. The molecule has 0 saturated heterocycles. The van der Waals surface area contributed by atoms with E-state index >= 15 is 0 Å². The van der Waals surface area contributed by atoms with E-state index in [9.17, 15) is 0 Å². The summed E-state index contributed by atoms with van der Waals surface area (Å²) >= 11 is 1.85. The Balaban J connectivity index is 0.980. The summed E-state index contributed by atoms with van der Waals surface area (Å²) in [5.41, 5.74) is 7.39. The summed E-state index contributed by atoms with van der Waals surface area (Å²) in [5.74, 6) is 1.90. The van der Waals surface area contributed by atoms with Crippen molar-refractivity contribution >= 4 is 96.1 Å². The molecule has 12 aromatic carbocycles. The van der Waals surface area contributed by atoms with Crippen molar-refractivity contribution in [1.82, 2.24) is 15.0 Å². The van der Waals surface area contributed by atoms with Gasteiger partial charge in [-0.1, -0.05) is 194 Å². The molecule has 0 radical (unpaired) electrons. The van der Waals surface area contributed by atoms with Crippen LogP contribution >= 0.6 is 11.3 Å². The van der Waals surface area contributed by atoms with Crippen LogP contribution in [0.5, 0.6) is 0 Å². The monoisotopic (exact) mass is 841 g/mol. The topological polar surface area (TPSA) is 38.7 Å². The average molecular weight is 842 g/mol. The van der Waals surface area contributed by atoms with Crippen LogP contribution < -0.4 is 0 Å². The molecule has 65 heavy (non-hydrogen) atoms. The summed E-state index contributed by atoms with van der Waals surface area (Å²) in [6.45, 7) is 0. The van der Waals surface area contributed by atoms with Gasteiger partial charge < -0.3 is 0 Å². The molecule has 0 bridgehead atoms. The lowest BCUT2D eigenvalue weighted by atomic mass is 9.86. The summed E-state index contributed by atoms with van der Waals surface area (Å²) in [4.78, 5) is 15.7. The van der Waals surface area contributed by atoms with Gasteiger partial charge in [-0.25, -0.2) is 15.0 Å². The minimum Gasteiger partial charge on any atom is -0.208 e. The first-order chi connectivity index (χ1) is 32.2. The van der Waals surface area contributed by atoms with Crippen LogP contribution in [0.25, 0.3) is 141 Å². The largest absolute Gasteiger partial charge is 0.208 e. The Kier molecular flexibility index (Phi) is 7.85. The van der Waals surface area contributed by atoms with Crippen molar-refractivity contribution in [3.05, 3.63) is 212 Å². The van der Waals surface area contributed by atoms with Crippen molar-refractivity contribution in [3.63, 3.8) is 0 Å². The first kappa shape index (κ1) is 36.2. The van der Waals surface area contributed by atoms with E-state index in [2.05, 4.69) is 194 Å². The molecule has 0 aliphatic carbocycles. The van der Waals surface area contributed by atoms with E-state index in [0.29, 0.717) is 17.5 Å². The predicted molar refractivity (Wildman–Crippen MR) is 276 cm³/mol. The van der Waals surface area contributed by atoms with Crippen LogP contribution in [-0.4, -0.2) is 15.0 Å². The molecule has 4 heteroatoms. The van der Waals surface area contributed by atoms with E-state index in [1.807, 2.05) is 29.5 Å². The Hall–Kier alpha value is -8.31. The van der Waals surface area contributed by atoms with E-state index < -0.39 is 0 Å². The van der Waals surface area contributed by atoms with E-state index in [4.69, 9.17) is 15.0 Å². The molecule has 0 fully saturated rings. The first-order valence-electron chi connectivity index (χ1n) is 22.1. The molecular weight excluding hydrogens is 807 g/mol. The zero-order valence-electron chi connectivity index (χ0n) is 35.0. The van der Waals surface area contributed by atoms with Gasteiger partial charge in [0, 0.05) is 36.9 Å². The number of benzene rings is 11. The third-order valence-electron chi connectivity index (χ3n) is 13.4. The lowest BCUT2D eigenvalue weighted by molar-refractivity contribution is 1.07. The predicted octanol–water partition coefficient (Wildman–Crippen LogP) is 16.9.